The molecule has 0 aliphatic carbocycles. The number of aliphatic hydroxyl groups excluding tert-OH is 1. The Morgan fingerprint density at radius 2 is 1.94 bits per heavy atom. The summed E-state index contributed by atoms with van der Waals surface area (Å²) in [5.74, 6) is 1.37. The molecule has 2 rings (SSSR count). The molecule has 0 unspecified atom stereocenters. The van der Waals surface area contributed by atoms with Crippen LogP contribution in [0.2, 0.25) is 0 Å². The third-order valence-electron chi connectivity index (χ3n) is 3.06. The Bertz CT molecular complexity index is 366. The van der Waals surface area contributed by atoms with Crippen LogP contribution in [0.4, 0.5) is 0 Å². The van der Waals surface area contributed by atoms with Crippen LogP contribution < -0.4 is 9.47 Å². The van der Waals surface area contributed by atoms with Crippen LogP contribution in [0.15, 0.2) is 18.2 Å². The summed E-state index contributed by atoms with van der Waals surface area (Å²) in [6.07, 6.45) is 0. The van der Waals surface area contributed by atoms with E-state index in [0.717, 1.165) is 5.56 Å². The van der Waals surface area contributed by atoms with Crippen LogP contribution >= 0.6 is 0 Å². The van der Waals surface area contributed by atoms with Gasteiger partial charge in [-0.25, -0.2) is 0 Å². The molecule has 4 heteroatoms. The lowest BCUT2D eigenvalue weighted by atomic mass is 9.79. The van der Waals surface area contributed by atoms with Crippen molar-refractivity contribution in [2.75, 3.05) is 34.0 Å². The molecule has 1 aromatic rings. The van der Waals surface area contributed by atoms with Gasteiger partial charge >= 0.3 is 0 Å². The monoisotopic (exact) mass is 224 g/mol. The van der Waals surface area contributed by atoms with Gasteiger partial charge in [0.25, 0.3) is 0 Å². The molecule has 16 heavy (non-hydrogen) atoms. The zero-order valence-corrected chi connectivity index (χ0v) is 9.53. The number of hydrogen-bond acceptors (Lipinski definition) is 4. The summed E-state index contributed by atoms with van der Waals surface area (Å²) in [7, 11) is 3.20. The number of ether oxygens (including phenoxy) is 3. The van der Waals surface area contributed by atoms with Crippen molar-refractivity contribution < 1.29 is 19.3 Å². The van der Waals surface area contributed by atoms with Gasteiger partial charge in [0.15, 0.2) is 11.5 Å². The van der Waals surface area contributed by atoms with E-state index in [-0.39, 0.29) is 12.0 Å². The predicted octanol–water partition coefficient (Wildman–Crippen LogP) is 0.964. The highest BCUT2D eigenvalue weighted by Gasteiger charge is 2.40. The second kappa shape index (κ2) is 4.31. The van der Waals surface area contributed by atoms with Crippen LogP contribution in [0.3, 0.4) is 0 Å². The SMILES string of the molecule is COc1ccc(C2(CO)COC2)cc1OC. The van der Waals surface area contributed by atoms with Crippen molar-refractivity contribution in [2.24, 2.45) is 0 Å². The van der Waals surface area contributed by atoms with Gasteiger partial charge in [-0.05, 0) is 17.7 Å². The van der Waals surface area contributed by atoms with Crippen molar-refractivity contribution in [3.05, 3.63) is 23.8 Å². The molecule has 1 fully saturated rings. The number of aliphatic hydroxyl groups is 1. The summed E-state index contributed by atoms with van der Waals surface area (Å²) in [4.78, 5) is 0. The molecule has 4 nitrogen and oxygen atoms in total. The maximum Gasteiger partial charge on any atom is 0.161 e. The molecule has 0 radical (unpaired) electrons. The predicted molar refractivity (Wildman–Crippen MR) is 59.1 cm³/mol. The van der Waals surface area contributed by atoms with Crippen LogP contribution in [0.5, 0.6) is 11.5 Å². The number of hydrogen-bond donors (Lipinski definition) is 1. The summed E-state index contributed by atoms with van der Waals surface area (Å²) in [6.45, 7) is 1.19. The third kappa shape index (κ3) is 1.64. The van der Waals surface area contributed by atoms with E-state index in [9.17, 15) is 5.11 Å². The Hall–Kier alpha value is -1.26. The van der Waals surface area contributed by atoms with E-state index < -0.39 is 0 Å². The van der Waals surface area contributed by atoms with Gasteiger partial charge in [-0.2, -0.15) is 0 Å². The van der Waals surface area contributed by atoms with Crippen LogP contribution in [0.25, 0.3) is 0 Å². The van der Waals surface area contributed by atoms with Gasteiger partial charge in [-0.1, -0.05) is 6.07 Å². The van der Waals surface area contributed by atoms with Gasteiger partial charge in [0, 0.05) is 0 Å². The van der Waals surface area contributed by atoms with Gasteiger partial charge in [-0.3, -0.25) is 0 Å². The third-order valence-corrected chi connectivity index (χ3v) is 3.06. The van der Waals surface area contributed by atoms with Gasteiger partial charge in [0.1, 0.15) is 0 Å². The Balaban J connectivity index is 2.35. The molecule has 0 atom stereocenters. The van der Waals surface area contributed by atoms with Crippen molar-refractivity contribution >= 4 is 0 Å². The number of rotatable bonds is 4. The summed E-state index contributed by atoms with van der Waals surface area (Å²) in [5.41, 5.74) is 0.762. The Labute approximate surface area is 94.8 Å². The molecule has 0 bridgehead atoms. The molecular weight excluding hydrogens is 208 g/mol. The van der Waals surface area contributed by atoms with Crippen molar-refractivity contribution in [3.8, 4) is 11.5 Å². The van der Waals surface area contributed by atoms with Crippen LogP contribution in [-0.2, 0) is 10.2 Å². The van der Waals surface area contributed by atoms with Crippen molar-refractivity contribution in [2.45, 2.75) is 5.41 Å². The highest BCUT2D eigenvalue weighted by Crippen LogP contribution is 2.37. The van der Waals surface area contributed by atoms with Crippen molar-refractivity contribution in [1.29, 1.82) is 0 Å². The lowest BCUT2D eigenvalue weighted by Gasteiger charge is -2.40. The van der Waals surface area contributed by atoms with Crippen LogP contribution in [0.1, 0.15) is 5.56 Å². The van der Waals surface area contributed by atoms with E-state index in [1.165, 1.54) is 0 Å². The fourth-order valence-corrected chi connectivity index (χ4v) is 1.86. The van der Waals surface area contributed by atoms with Crippen LogP contribution in [0, 0.1) is 0 Å². The van der Waals surface area contributed by atoms with E-state index in [1.807, 2.05) is 18.2 Å². The molecule has 88 valence electrons. The highest BCUT2D eigenvalue weighted by molar-refractivity contribution is 5.46. The standard InChI is InChI=1S/C12H16O4/c1-14-10-4-3-9(5-11(10)15-2)12(6-13)7-16-8-12/h3-5,13H,6-8H2,1-2H3. The number of benzene rings is 1. The molecule has 0 amide bonds. The zero-order valence-electron chi connectivity index (χ0n) is 9.53. The first-order valence-electron chi connectivity index (χ1n) is 5.17. The molecule has 0 aromatic heterocycles. The van der Waals surface area contributed by atoms with Gasteiger partial charge in [0.2, 0.25) is 0 Å². The van der Waals surface area contributed by atoms with E-state index in [4.69, 9.17) is 14.2 Å². The molecule has 0 saturated carbocycles. The largest absolute Gasteiger partial charge is 0.493 e. The minimum Gasteiger partial charge on any atom is -0.493 e. The van der Waals surface area contributed by atoms with E-state index in [1.54, 1.807) is 14.2 Å². The summed E-state index contributed by atoms with van der Waals surface area (Å²) in [6, 6.07) is 5.70. The van der Waals surface area contributed by atoms with Crippen molar-refractivity contribution in [3.63, 3.8) is 0 Å². The second-order valence-electron chi connectivity index (χ2n) is 4.00. The number of methoxy groups -OCH3 is 2. The molecule has 1 aromatic carbocycles. The summed E-state index contributed by atoms with van der Waals surface area (Å²) >= 11 is 0. The molecule has 0 spiro atoms. The molecule has 1 heterocycles. The van der Waals surface area contributed by atoms with Crippen LogP contribution in [-0.4, -0.2) is 39.1 Å². The average molecular weight is 224 g/mol. The molecular formula is C12H16O4. The molecule has 1 aliphatic rings. The lowest BCUT2D eigenvalue weighted by Crippen LogP contribution is -2.49. The highest BCUT2D eigenvalue weighted by atomic mass is 16.5. The quantitative estimate of drug-likeness (QED) is 0.827. The average Bonchev–Trinajstić information content (AvgIpc) is 2.28. The summed E-state index contributed by atoms with van der Waals surface area (Å²) < 4.78 is 15.6. The lowest BCUT2D eigenvalue weighted by molar-refractivity contribution is -0.0842. The summed E-state index contributed by atoms with van der Waals surface area (Å²) in [5, 5.41) is 9.43. The first-order chi connectivity index (χ1) is 7.75. The maximum atomic E-state index is 9.43. The second-order valence-corrected chi connectivity index (χ2v) is 4.00. The van der Waals surface area contributed by atoms with E-state index in [0.29, 0.717) is 24.7 Å². The van der Waals surface area contributed by atoms with Gasteiger partial charge in [-0.15, -0.1) is 0 Å². The molecule has 1 aliphatic heterocycles. The Kier molecular flexibility index (Phi) is 3.03. The first-order valence-corrected chi connectivity index (χ1v) is 5.17. The Morgan fingerprint density at radius 3 is 2.38 bits per heavy atom. The topological polar surface area (TPSA) is 47.9 Å². The van der Waals surface area contributed by atoms with Gasteiger partial charge < -0.3 is 19.3 Å². The smallest absolute Gasteiger partial charge is 0.161 e. The van der Waals surface area contributed by atoms with E-state index >= 15 is 0 Å². The fraction of sp³-hybridized carbons (Fsp3) is 0.500. The minimum atomic E-state index is -0.264. The Morgan fingerprint density at radius 1 is 1.25 bits per heavy atom. The minimum absolute atomic E-state index is 0.0858. The molecule has 1 saturated heterocycles. The van der Waals surface area contributed by atoms with Crippen molar-refractivity contribution in [1.82, 2.24) is 0 Å². The normalized spacial score (nSPS) is 17.7. The zero-order chi connectivity index (χ0) is 11.6. The van der Waals surface area contributed by atoms with E-state index in [2.05, 4.69) is 0 Å². The maximum absolute atomic E-state index is 9.43. The first kappa shape index (κ1) is 11.2. The molecule has 1 N–H and O–H groups in total. The van der Waals surface area contributed by atoms with Gasteiger partial charge in [0.05, 0.1) is 39.5 Å². The fourth-order valence-electron chi connectivity index (χ4n) is 1.86.